The molecule has 0 bridgehead atoms. The molecule has 22 heavy (non-hydrogen) atoms. The van der Waals surface area contributed by atoms with Crippen LogP contribution in [0.3, 0.4) is 0 Å². The van der Waals surface area contributed by atoms with Gasteiger partial charge in [-0.3, -0.25) is 0 Å². The van der Waals surface area contributed by atoms with Crippen molar-refractivity contribution in [1.82, 2.24) is 9.97 Å². The van der Waals surface area contributed by atoms with Crippen LogP contribution in [0.2, 0.25) is 5.02 Å². The molecule has 4 rings (SSSR count). The van der Waals surface area contributed by atoms with Crippen LogP contribution in [0.4, 0.5) is 10.3 Å². The van der Waals surface area contributed by atoms with Crippen LogP contribution in [-0.4, -0.2) is 16.2 Å². The summed E-state index contributed by atoms with van der Waals surface area (Å²) in [5.41, 5.74) is 1.96. The minimum Gasteiger partial charge on any atom is -0.307 e. The molecule has 0 radical (unpaired) electrons. The summed E-state index contributed by atoms with van der Waals surface area (Å²) < 4.78 is 2.25. The van der Waals surface area contributed by atoms with E-state index in [1.54, 1.807) is 34.4 Å². The zero-order valence-corrected chi connectivity index (χ0v) is 14.7. The highest BCUT2D eigenvalue weighted by Gasteiger charge is 2.08. The van der Waals surface area contributed by atoms with Gasteiger partial charge in [0, 0.05) is 9.92 Å². The second-order valence-electron chi connectivity index (χ2n) is 4.61. The number of nitrogens with zero attached hydrogens (tertiary/aromatic N) is 2. The summed E-state index contributed by atoms with van der Waals surface area (Å²) in [6, 6.07) is 12.0. The normalized spacial score (nSPS) is 11.4. The van der Waals surface area contributed by atoms with Crippen LogP contribution in [0.1, 0.15) is 0 Å². The third kappa shape index (κ3) is 2.67. The Morgan fingerprint density at radius 3 is 2.27 bits per heavy atom. The average molecular weight is 364 g/mol. The molecule has 0 spiro atoms. The molecule has 1 N–H and O–H groups in total. The van der Waals surface area contributed by atoms with Crippen LogP contribution in [0.5, 0.6) is 0 Å². The maximum absolute atomic E-state index is 6.02. The van der Waals surface area contributed by atoms with Crippen molar-refractivity contribution in [2.45, 2.75) is 4.90 Å². The van der Waals surface area contributed by atoms with Crippen LogP contribution >= 0.6 is 46.0 Å². The summed E-state index contributed by atoms with van der Waals surface area (Å²) in [5.74, 6) is 0. The first kappa shape index (κ1) is 14.3. The maximum Gasteiger partial charge on any atom is 0.190 e. The lowest BCUT2D eigenvalue weighted by Gasteiger charge is -1.93. The Balaban J connectivity index is 1.69. The smallest absolute Gasteiger partial charge is 0.190 e. The third-order valence-corrected chi connectivity index (χ3v) is 5.99. The van der Waals surface area contributed by atoms with Gasteiger partial charge >= 0.3 is 0 Å². The molecule has 0 fully saturated rings. The quantitative estimate of drug-likeness (QED) is 0.451. The summed E-state index contributed by atoms with van der Waals surface area (Å²) in [6.45, 7) is 0. The summed E-state index contributed by atoms with van der Waals surface area (Å²) in [5, 5.41) is 5.73. The second-order valence-corrected chi connectivity index (χ2v) is 7.99. The number of rotatable bonds is 3. The van der Waals surface area contributed by atoms with E-state index in [1.807, 2.05) is 18.2 Å². The molecule has 0 amide bonds. The fourth-order valence-corrected chi connectivity index (χ4v) is 4.75. The van der Waals surface area contributed by atoms with E-state index in [2.05, 4.69) is 39.7 Å². The monoisotopic (exact) mass is 363 g/mol. The average Bonchev–Trinajstić information content (AvgIpc) is 3.08. The van der Waals surface area contributed by atoms with Crippen LogP contribution < -0.4 is 5.32 Å². The first-order valence-corrected chi connectivity index (χ1v) is 9.72. The molecular weight excluding hydrogens is 354 g/mol. The van der Waals surface area contributed by atoms with E-state index in [4.69, 9.17) is 11.6 Å². The van der Waals surface area contributed by atoms with Gasteiger partial charge in [0.05, 0.1) is 20.4 Å². The van der Waals surface area contributed by atoms with E-state index >= 15 is 0 Å². The van der Waals surface area contributed by atoms with Crippen LogP contribution in [0, 0.1) is 0 Å². The summed E-state index contributed by atoms with van der Waals surface area (Å²) in [7, 11) is 0. The molecule has 0 aliphatic rings. The Hall–Kier alpha value is -1.34. The molecular formula is C15H10ClN3S3. The lowest BCUT2D eigenvalue weighted by atomic mass is 10.3. The fourth-order valence-electron chi connectivity index (χ4n) is 2.13. The van der Waals surface area contributed by atoms with Crippen molar-refractivity contribution in [1.29, 1.82) is 0 Å². The van der Waals surface area contributed by atoms with Gasteiger partial charge in [0.25, 0.3) is 0 Å². The van der Waals surface area contributed by atoms with Gasteiger partial charge in [0.1, 0.15) is 0 Å². The van der Waals surface area contributed by atoms with Crippen molar-refractivity contribution >= 4 is 76.7 Å². The number of fused-ring (bicyclic) bond motifs is 2. The number of aromatic nitrogens is 2. The van der Waals surface area contributed by atoms with Crippen LogP contribution in [0.25, 0.3) is 20.4 Å². The van der Waals surface area contributed by atoms with Crippen LogP contribution in [0.15, 0.2) is 41.3 Å². The van der Waals surface area contributed by atoms with E-state index in [9.17, 15) is 0 Å². The molecule has 0 aliphatic heterocycles. The topological polar surface area (TPSA) is 37.8 Å². The minimum atomic E-state index is 0.729. The Morgan fingerprint density at radius 2 is 1.59 bits per heavy atom. The summed E-state index contributed by atoms with van der Waals surface area (Å²) in [4.78, 5) is 10.4. The number of thioether (sulfide) groups is 1. The van der Waals surface area contributed by atoms with Gasteiger partial charge in [-0.15, -0.1) is 11.8 Å². The highest BCUT2D eigenvalue weighted by atomic mass is 35.5. The van der Waals surface area contributed by atoms with E-state index in [0.29, 0.717) is 0 Å². The number of nitrogens with one attached hydrogen (secondary N) is 1. The first-order chi connectivity index (χ1) is 10.7. The number of anilines is 2. The molecule has 7 heteroatoms. The van der Waals surface area contributed by atoms with Gasteiger partial charge in [-0.25, -0.2) is 9.97 Å². The van der Waals surface area contributed by atoms with Gasteiger partial charge in [-0.05, 0) is 42.7 Å². The number of benzene rings is 2. The predicted molar refractivity (Wildman–Crippen MR) is 99.3 cm³/mol. The van der Waals surface area contributed by atoms with Crippen molar-refractivity contribution in [3.05, 3.63) is 41.4 Å². The maximum atomic E-state index is 6.02. The van der Waals surface area contributed by atoms with E-state index in [1.165, 1.54) is 9.60 Å². The molecule has 4 aromatic rings. The number of halogens is 1. The fraction of sp³-hybridized carbons (Fsp3) is 0.0667. The zero-order chi connectivity index (χ0) is 15.1. The molecule has 110 valence electrons. The standard InChI is InChI=1S/C15H10ClN3S3/c1-20-9-3-5-11-13(7-9)22-15(18-11)19-14-17-10-4-2-8(16)6-12(10)21-14/h2-7H,1H3,(H,17,18,19). The Kier molecular flexibility index (Phi) is 3.69. The number of hydrogen-bond acceptors (Lipinski definition) is 6. The molecule has 2 aromatic heterocycles. The first-order valence-electron chi connectivity index (χ1n) is 6.49. The van der Waals surface area contributed by atoms with Crippen LogP contribution in [-0.2, 0) is 0 Å². The highest BCUT2D eigenvalue weighted by Crippen LogP contribution is 2.34. The molecule has 0 saturated carbocycles. The van der Waals surface area contributed by atoms with Gasteiger partial charge < -0.3 is 5.32 Å². The van der Waals surface area contributed by atoms with Crippen molar-refractivity contribution < 1.29 is 0 Å². The molecule has 0 unspecified atom stereocenters. The minimum absolute atomic E-state index is 0.729. The van der Waals surface area contributed by atoms with Crippen molar-refractivity contribution in [3.63, 3.8) is 0 Å². The SMILES string of the molecule is CSc1ccc2nc(Nc3nc4ccc(Cl)cc4s3)sc2c1. The molecule has 2 heterocycles. The largest absolute Gasteiger partial charge is 0.307 e. The molecule has 0 saturated heterocycles. The molecule has 0 atom stereocenters. The number of thiazole rings is 2. The predicted octanol–water partition coefficient (Wildman–Crippen LogP) is 6.02. The van der Waals surface area contributed by atoms with Gasteiger partial charge in [-0.1, -0.05) is 34.3 Å². The third-order valence-electron chi connectivity index (χ3n) is 3.16. The van der Waals surface area contributed by atoms with Crippen molar-refractivity contribution in [2.24, 2.45) is 0 Å². The molecule has 2 aromatic carbocycles. The molecule has 0 aliphatic carbocycles. The second kappa shape index (κ2) is 5.70. The Bertz CT molecular complexity index is 977. The van der Waals surface area contributed by atoms with Gasteiger partial charge in [-0.2, -0.15) is 0 Å². The lowest BCUT2D eigenvalue weighted by Crippen LogP contribution is -1.86. The van der Waals surface area contributed by atoms with Crippen molar-refractivity contribution in [3.8, 4) is 0 Å². The van der Waals surface area contributed by atoms with E-state index in [-0.39, 0.29) is 0 Å². The molecule has 3 nitrogen and oxygen atoms in total. The van der Waals surface area contributed by atoms with Gasteiger partial charge in [0.15, 0.2) is 10.3 Å². The van der Waals surface area contributed by atoms with Gasteiger partial charge in [0.2, 0.25) is 0 Å². The summed E-state index contributed by atoms with van der Waals surface area (Å²) in [6.07, 6.45) is 2.08. The summed E-state index contributed by atoms with van der Waals surface area (Å²) >= 11 is 11.0. The van der Waals surface area contributed by atoms with Crippen molar-refractivity contribution in [2.75, 3.05) is 11.6 Å². The lowest BCUT2D eigenvalue weighted by molar-refractivity contribution is 1.39. The van der Waals surface area contributed by atoms with E-state index in [0.717, 1.165) is 31.0 Å². The number of hydrogen-bond donors (Lipinski definition) is 1. The Labute approximate surface area is 144 Å². The van der Waals surface area contributed by atoms with E-state index < -0.39 is 0 Å². The Morgan fingerprint density at radius 1 is 0.955 bits per heavy atom. The zero-order valence-electron chi connectivity index (χ0n) is 11.5. The highest BCUT2D eigenvalue weighted by molar-refractivity contribution is 7.98.